The predicted molar refractivity (Wildman–Crippen MR) is 97.7 cm³/mol. The fourth-order valence-electron chi connectivity index (χ4n) is 2.49. The van der Waals surface area contributed by atoms with Gasteiger partial charge in [0.05, 0.1) is 5.69 Å². The summed E-state index contributed by atoms with van der Waals surface area (Å²) in [4.78, 5) is 16.4. The summed E-state index contributed by atoms with van der Waals surface area (Å²) in [5, 5.41) is 5.84. The van der Waals surface area contributed by atoms with Crippen molar-refractivity contribution in [2.24, 2.45) is 0 Å². The molecule has 0 fully saturated rings. The highest BCUT2D eigenvalue weighted by Gasteiger charge is 2.11. The van der Waals surface area contributed by atoms with Crippen LogP contribution < -0.4 is 10.6 Å². The van der Waals surface area contributed by atoms with Gasteiger partial charge < -0.3 is 10.6 Å². The maximum atomic E-state index is 13.7. The van der Waals surface area contributed by atoms with E-state index in [0.717, 1.165) is 17.8 Å². The van der Waals surface area contributed by atoms with Gasteiger partial charge in [-0.05, 0) is 42.3 Å². The topological polar surface area (TPSA) is 54.0 Å². The van der Waals surface area contributed by atoms with Gasteiger partial charge in [-0.2, -0.15) is 0 Å². The third-order valence-corrected chi connectivity index (χ3v) is 3.79. The van der Waals surface area contributed by atoms with E-state index in [1.807, 2.05) is 18.2 Å². The van der Waals surface area contributed by atoms with E-state index in [0.29, 0.717) is 0 Å². The van der Waals surface area contributed by atoms with Gasteiger partial charge in [-0.3, -0.25) is 9.78 Å². The van der Waals surface area contributed by atoms with Crippen molar-refractivity contribution in [3.63, 3.8) is 0 Å². The first-order valence-corrected chi connectivity index (χ1v) is 8.04. The first-order valence-electron chi connectivity index (χ1n) is 8.04. The summed E-state index contributed by atoms with van der Waals surface area (Å²) in [6, 6.07) is 17.4. The molecule has 0 spiro atoms. The molecule has 1 amide bonds. The Hall–Kier alpha value is -3.21. The van der Waals surface area contributed by atoms with Crippen LogP contribution in [-0.4, -0.2) is 10.9 Å². The number of halogens is 1. The molecule has 0 radical (unpaired) electrons. The van der Waals surface area contributed by atoms with Crippen LogP contribution in [0.5, 0.6) is 0 Å². The van der Waals surface area contributed by atoms with Crippen LogP contribution in [0.15, 0.2) is 66.9 Å². The van der Waals surface area contributed by atoms with Crippen LogP contribution in [0.1, 0.15) is 23.0 Å². The highest BCUT2D eigenvalue weighted by atomic mass is 19.1. The summed E-state index contributed by atoms with van der Waals surface area (Å²) in [5.41, 5.74) is 3.24. The predicted octanol–water partition coefficient (Wildman–Crippen LogP) is 4.78. The molecule has 2 N–H and O–H groups in total. The third-order valence-electron chi connectivity index (χ3n) is 3.79. The number of rotatable bonds is 5. The second-order valence-electron chi connectivity index (χ2n) is 5.50. The molecular weight excluding hydrogens is 317 g/mol. The summed E-state index contributed by atoms with van der Waals surface area (Å²) in [6.45, 7) is 2.08. The van der Waals surface area contributed by atoms with Crippen molar-refractivity contribution in [1.29, 1.82) is 0 Å². The van der Waals surface area contributed by atoms with E-state index in [-0.39, 0.29) is 11.4 Å². The van der Waals surface area contributed by atoms with Gasteiger partial charge in [-0.1, -0.05) is 37.3 Å². The van der Waals surface area contributed by atoms with Gasteiger partial charge in [0.1, 0.15) is 11.5 Å². The Bertz CT molecular complexity index is 895. The number of nitrogens with one attached hydrogen (secondary N) is 2. The fourth-order valence-corrected chi connectivity index (χ4v) is 2.49. The average Bonchev–Trinajstić information content (AvgIpc) is 2.64. The van der Waals surface area contributed by atoms with Gasteiger partial charge in [-0.25, -0.2) is 4.39 Å². The van der Waals surface area contributed by atoms with Crippen molar-refractivity contribution < 1.29 is 9.18 Å². The minimum atomic E-state index is -0.484. The quantitative estimate of drug-likeness (QED) is 0.705. The number of hydrogen-bond donors (Lipinski definition) is 2. The molecule has 1 heterocycles. The van der Waals surface area contributed by atoms with Crippen LogP contribution in [0, 0.1) is 5.82 Å². The molecule has 4 nitrogen and oxygen atoms in total. The molecule has 0 saturated carbocycles. The Balaban J connectivity index is 1.79. The van der Waals surface area contributed by atoms with E-state index in [9.17, 15) is 9.18 Å². The van der Waals surface area contributed by atoms with Crippen molar-refractivity contribution in [3.8, 4) is 0 Å². The summed E-state index contributed by atoms with van der Waals surface area (Å²) < 4.78 is 13.7. The fraction of sp³-hybridized carbons (Fsp3) is 0.100. The zero-order chi connectivity index (χ0) is 17.6. The van der Waals surface area contributed by atoms with Gasteiger partial charge in [-0.15, -0.1) is 0 Å². The molecule has 1 aromatic heterocycles. The normalized spacial score (nSPS) is 10.3. The molecule has 0 aliphatic heterocycles. The van der Waals surface area contributed by atoms with Crippen molar-refractivity contribution in [3.05, 3.63) is 83.9 Å². The van der Waals surface area contributed by atoms with Gasteiger partial charge in [0.25, 0.3) is 5.91 Å². The molecule has 0 aliphatic rings. The first-order chi connectivity index (χ1) is 12.2. The third kappa shape index (κ3) is 4.01. The Labute approximate surface area is 145 Å². The van der Waals surface area contributed by atoms with Crippen molar-refractivity contribution in [1.82, 2.24) is 4.98 Å². The lowest BCUT2D eigenvalue weighted by atomic mass is 10.1. The Morgan fingerprint density at radius 2 is 1.76 bits per heavy atom. The molecule has 3 aromatic rings. The second-order valence-corrected chi connectivity index (χ2v) is 5.50. The molecule has 0 atom stereocenters. The molecule has 126 valence electrons. The lowest BCUT2D eigenvalue weighted by Gasteiger charge is -2.12. The zero-order valence-electron chi connectivity index (χ0n) is 13.8. The van der Waals surface area contributed by atoms with Gasteiger partial charge in [0, 0.05) is 17.6 Å². The van der Waals surface area contributed by atoms with Gasteiger partial charge in [0.2, 0.25) is 0 Å². The Kier molecular flexibility index (Phi) is 5.04. The minimum absolute atomic E-state index is 0.129. The van der Waals surface area contributed by atoms with Gasteiger partial charge >= 0.3 is 0 Å². The molecule has 0 saturated heterocycles. The number of pyridine rings is 1. The van der Waals surface area contributed by atoms with Crippen LogP contribution in [0.25, 0.3) is 0 Å². The number of carbonyl (C=O) groups excluding carboxylic acids is 1. The second kappa shape index (κ2) is 7.57. The molecule has 2 aromatic carbocycles. The van der Waals surface area contributed by atoms with E-state index in [2.05, 4.69) is 28.6 Å². The number of aryl methyl sites for hydroxylation is 1. The molecule has 5 heteroatoms. The van der Waals surface area contributed by atoms with E-state index in [1.165, 1.54) is 17.7 Å². The number of hydrogen-bond acceptors (Lipinski definition) is 3. The lowest BCUT2D eigenvalue weighted by molar-refractivity contribution is 0.102. The Morgan fingerprint density at radius 3 is 2.52 bits per heavy atom. The van der Waals surface area contributed by atoms with Gasteiger partial charge in [0.15, 0.2) is 0 Å². The maximum Gasteiger partial charge on any atom is 0.274 e. The Morgan fingerprint density at radius 1 is 1.04 bits per heavy atom. The molecule has 0 aliphatic carbocycles. The van der Waals surface area contributed by atoms with Crippen LogP contribution >= 0.6 is 0 Å². The summed E-state index contributed by atoms with van der Waals surface area (Å²) in [7, 11) is 0. The summed E-state index contributed by atoms with van der Waals surface area (Å²) in [5.74, 6) is -0.945. The molecule has 3 rings (SSSR count). The number of benzene rings is 2. The summed E-state index contributed by atoms with van der Waals surface area (Å²) in [6.07, 6.45) is 2.45. The molecule has 0 unspecified atom stereocenters. The van der Waals surface area contributed by atoms with E-state index < -0.39 is 11.7 Å². The van der Waals surface area contributed by atoms with Crippen molar-refractivity contribution in [2.45, 2.75) is 13.3 Å². The van der Waals surface area contributed by atoms with E-state index in [1.54, 1.807) is 30.5 Å². The number of para-hydroxylation sites is 2. The highest BCUT2D eigenvalue weighted by Crippen LogP contribution is 2.22. The molecular formula is C20H18FN3O. The zero-order valence-corrected chi connectivity index (χ0v) is 13.8. The van der Waals surface area contributed by atoms with Crippen molar-refractivity contribution >= 4 is 23.0 Å². The van der Waals surface area contributed by atoms with Crippen LogP contribution in [-0.2, 0) is 6.42 Å². The number of carbonyl (C=O) groups is 1. The highest BCUT2D eigenvalue weighted by molar-refractivity contribution is 6.03. The lowest BCUT2D eigenvalue weighted by Crippen LogP contribution is -2.14. The number of nitrogens with zero attached hydrogens (tertiary/aromatic N) is 1. The monoisotopic (exact) mass is 335 g/mol. The van der Waals surface area contributed by atoms with Crippen LogP contribution in [0.3, 0.4) is 0 Å². The SMILES string of the molecule is CCc1ccccc1Nc1ccnc(C(=O)Nc2ccccc2F)c1. The van der Waals surface area contributed by atoms with E-state index in [4.69, 9.17) is 0 Å². The standard InChI is InChI=1S/C20H18FN3O/c1-2-14-7-3-5-9-17(14)23-15-11-12-22-19(13-15)20(25)24-18-10-6-4-8-16(18)21/h3-13H,2H2,1H3,(H,22,23)(H,24,25). The smallest absolute Gasteiger partial charge is 0.274 e. The van der Waals surface area contributed by atoms with Crippen LogP contribution in [0.4, 0.5) is 21.5 Å². The van der Waals surface area contributed by atoms with E-state index >= 15 is 0 Å². The number of aromatic nitrogens is 1. The maximum absolute atomic E-state index is 13.7. The first kappa shape index (κ1) is 16.6. The number of amides is 1. The largest absolute Gasteiger partial charge is 0.355 e. The molecule has 25 heavy (non-hydrogen) atoms. The summed E-state index contributed by atoms with van der Waals surface area (Å²) >= 11 is 0. The van der Waals surface area contributed by atoms with Crippen molar-refractivity contribution in [2.75, 3.05) is 10.6 Å². The van der Waals surface area contributed by atoms with Crippen LogP contribution in [0.2, 0.25) is 0 Å². The average molecular weight is 335 g/mol. The molecule has 0 bridgehead atoms. The minimum Gasteiger partial charge on any atom is -0.355 e. The number of anilines is 3.